The van der Waals surface area contributed by atoms with Crippen molar-refractivity contribution in [3.05, 3.63) is 0 Å². The number of rotatable bonds is 6. The van der Waals surface area contributed by atoms with Crippen molar-refractivity contribution in [1.82, 2.24) is 4.90 Å². The first-order valence-corrected chi connectivity index (χ1v) is 6.82. The smallest absolute Gasteiger partial charge is 0.0702 e. The van der Waals surface area contributed by atoms with Gasteiger partial charge in [0.15, 0.2) is 0 Å². The zero-order valence-corrected chi connectivity index (χ0v) is 11.5. The molecule has 0 aliphatic carbocycles. The number of nitriles is 1. The Kier molecular flexibility index (Phi) is 5.94. The van der Waals surface area contributed by atoms with Gasteiger partial charge in [-0.1, -0.05) is 6.92 Å². The number of ether oxygens (including phenoxy) is 1. The quantitative estimate of drug-likeness (QED) is 0.714. The molecule has 0 bridgehead atoms. The monoisotopic (exact) mass is 238 g/mol. The van der Waals surface area contributed by atoms with Crippen LogP contribution < -0.4 is 0 Å². The van der Waals surface area contributed by atoms with Crippen molar-refractivity contribution in [3.63, 3.8) is 0 Å². The molecule has 0 aromatic heterocycles. The highest BCUT2D eigenvalue weighted by atomic mass is 16.5. The molecular formula is C14H26N2O. The van der Waals surface area contributed by atoms with E-state index in [1.54, 1.807) is 0 Å². The maximum atomic E-state index is 9.00. The molecule has 0 N–H and O–H groups in total. The molecule has 98 valence electrons. The van der Waals surface area contributed by atoms with E-state index in [2.05, 4.69) is 17.9 Å². The van der Waals surface area contributed by atoms with Crippen LogP contribution in [0, 0.1) is 16.7 Å². The summed E-state index contributed by atoms with van der Waals surface area (Å²) in [5.41, 5.74) is -0.197. The number of likely N-dealkylation sites (tertiary alicyclic amines) is 1. The molecule has 0 saturated carbocycles. The second-order valence-electron chi connectivity index (χ2n) is 5.68. The van der Waals surface area contributed by atoms with Crippen LogP contribution in [0.25, 0.3) is 0 Å². The lowest BCUT2D eigenvalue weighted by Crippen LogP contribution is -2.41. The van der Waals surface area contributed by atoms with Crippen LogP contribution in [0.5, 0.6) is 0 Å². The highest BCUT2D eigenvalue weighted by Gasteiger charge is 2.23. The summed E-state index contributed by atoms with van der Waals surface area (Å²) < 4.78 is 5.81. The zero-order chi connectivity index (χ0) is 12.7. The Hall–Kier alpha value is -0.590. The van der Waals surface area contributed by atoms with Gasteiger partial charge in [0.05, 0.1) is 17.6 Å². The molecule has 1 aliphatic rings. The van der Waals surface area contributed by atoms with Gasteiger partial charge in [0.2, 0.25) is 0 Å². The molecule has 1 heterocycles. The van der Waals surface area contributed by atoms with E-state index < -0.39 is 0 Å². The first-order chi connectivity index (χ1) is 8.07. The maximum Gasteiger partial charge on any atom is 0.0702 e. The van der Waals surface area contributed by atoms with Gasteiger partial charge in [-0.05, 0) is 52.6 Å². The summed E-state index contributed by atoms with van der Waals surface area (Å²) in [6.07, 6.45) is 4.87. The standard InChI is InChI=1S/C14H26N2O/c1-4-10-17-13-6-5-8-16(11-13)9-7-14(2,3)12-15/h13H,4-11H2,1-3H3. The van der Waals surface area contributed by atoms with Crippen molar-refractivity contribution in [2.45, 2.75) is 52.6 Å². The van der Waals surface area contributed by atoms with Gasteiger partial charge in [0.25, 0.3) is 0 Å². The first-order valence-electron chi connectivity index (χ1n) is 6.82. The fourth-order valence-electron chi connectivity index (χ4n) is 2.13. The van der Waals surface area contributed by atoms with E-state index in [1.165, 1.54) is 12.8 Å². The third kappa shape index (κ3) is 5.52. The molecule has 3 nitrogen and oxygen atoms in total. The van der Waals surface area contributed by atoms with Crippen LogP contribution in [0.4, 0.5) is 0 Å². The van der Waals surface area contributed by atoms with E-state index in [-0.39, 0.29) is 5.41 Å². The van der Waals surface area contributed by atoms with Crippen molar-refractivity contribution in [2.24, 2.45) is 5.41 Å². The summed E-state index contributed by atoms with van der Waals surface area (Å²) in [6, 6.07) is 2.37. The highest BCUT2D eigenvalue weighted by Crippen LogP contribution is 2.21. The van der Waals surface area contributed by atoms with E-state index in [9.17, 15) is 0 Å². The minimum atomic E-state index is -0.197. The maximum absolute atomic E-state index is 9.00. The number of hydrogen-bond acceptors (Lipinski definition) is 3. The third-order valence-electron chi connectivity index (χ3n) is 3.38. The normalized spacial score (nSPS) is 22.4. The van der Waals surface area contributed by atoms with Gasteiger partial charge in [-0.2, -0.15) is 5.26 Å². The molecule has 1 saturated heterocycles. The summed E-state index contributed by atoms with van der Waals surface area (Å²) in [4.78, 5) is 2.45. The van der Waals surface area contributed by atoms with Gasteiger partial charge in [-0.15, -0.1) is 0 Å². The number of hydrogen-bond donors (Lipinski definition) is 0. The largest absolute Gasteiger partial charge is 0.377 e. The Labute approximate surface area is 106 Å². The molecule has 0 amide bonds. The average molecular weight is 238 g/mol. The molecule has 17 heavy (non-hydrogen) atoms. The number of piperidine rings is 1. The van der Waals surface area contributed by atoms with Gasteiger partial charge in [0.1, 0.15) is 0 Å². The summed E-state index contributed by atoms with van der Waals surface area (Å²) in [5, 5.41) is 9.00. The minimum absolute atomic E-state index is 0.197. The van der Waals surface area contributed by atoms with Crippen molar-refractivity contribution < 1.29 is 4.74 Å². The van der Waals surface area contributed by atoms with Gasteiger partial charge < -0.3 is 9.64 Å². The molecule has 1 fully saturated rings. The summed E-state index contributed by atoms with van der Waals surface area (Å²) in [6.45, 7) is 10.3. The van der Waals surface area contributed by atoms with Crippen LogP contribution in [-0.4, -0.2) is 37.2 Å². The lowest BCUT2D eigenvalue weighted by Gasteiger charge is -2.33. The van der Waals surface area contributed by atoms with Gasteiger partial charge in [-0.3, -0.25) is 0 Å². The molecule has 3 heteroatoms. The molecule has 1 atom stereocenters. The molecule has 0 aromatic carbocycles. The predicted octanol–water partition coefficient (Wildman–Crippen LogP) is 2.82. The second kappa shape index (κ2) is 6.98. The van der Waals surface area contributed by atoms with Crippen molar-refractivity contribution >= 4 is 0 Å². The molecule has 1 unspecified atom stereocenters. The lowest BCUT2D eigenvalue weighted by atomic mass is 9.91. The summed E-state index contributed by atoms with van der Waals surface area (Å²) in [5.74, 6) is 0. The molecule has 0 aromatic rings. The van der Waals surface area contributed by atoms with Crippen molar-refractivity contribution in [2.75, 3.05) is 26.2 Å². The van der Waals surface area contributed by atoms with Crippen LogP contribution in [0.2, 0.25) is 0 Å². The molecular weight excluding hydrogens is 212 g/mol. The van der Waals surface area contributed by atoms with Crippen LogP contribution in [-0.2, 0) is 4.74 Å². The number of nitrogens with zero attached hydrogens (tertiary/aromatic N) is 2. The second-order valence-corrected chi connectivity index (χ2v) is 5.68. The van der Waals surface area contributed by atoms with Gasteiger partial charge in [-0.25, -0.2) is 0 Å². The molecule has 0 radical (unpaired) electrons. The van der Waals surface area contributed by atoms with Crippen molar-refractivity contribution in [3.8, 4) is 6.07 Å². The Morgan fingerprint density at radius 1 is 1.47 bits per heavy atom. The van der Waals surface area contributed by atoms with E-state index >= 15 is 0 Å². The SMILES string of the molecule is CCCOC1CCCN(CCC(C)(C)C#N)C1. The van der Waals surface area contributed by atoms with E-state index in [0.717, 1.165) is 39.1 Å². The summed E-state index contributed by atoms with van der Waals surface area (Å²) >= 11 is 0. The van der Waals surface area contributed by atoms with Gasteiger partial charge in [0, 0.05) is 13.2 Å². The van der Waals surface area contributed by atoms with Crippen molar-refractivity contribution in [1.29, 1.82) is 5.26 Å². The fraction of sp³-hybridized carbons (Fsp3) is 0.929. The highest BCUT2D eigenvalue weighted by molar-refractivity contribution is 4.92. The molecule has 0 spiro atoms. The molecule has 1 aliphatic heterocycles. The minimum Gasteiger partial charge on any atom is -0.377 e. The fourth-order valence-corrected chi connectivity index (χ4v) is 2.13. The third-order valence-corrected chi connectivity index (χ3v) is 3.38. The molecule has 1 rings (SSSR count). The predicted molar refractivity (Wildman–Crippen MR) is 69.7 cm³/mol. The zero-order valence-electron chi connectivity index (χ0n) is 11.5. The Balaban J connectivity index is 2.28. The summed E-state index contributed by atoms with van der Waals surface area (Å²) in [7, 11) is 0. The van der Waals surface area contributed by atoms with Crippen LogP contribution in [0.1, 0.15) is 46.5 Å². The van der Waals surface area contributed by atoms with E-state index in [4.69, 9.17) is 10.00 Å². The van der Waals surface area contributed by atoms with E-state index in [0.29, 0.717) is 6.10 Å². The van der Waals surface area contributed by atoms with E-state index in [1.807, 2.05) is 13.8 Å². The van der Waals surface area contributed by atoms with Crippen LogP contribution in [0.3, 0.4) is 0 Å². The first kappa shape index (κ1) is 14.5. The Morgan fingerprint density at radius 2 is 2.24 bits per heavy atom. The average Bonchev–Trinajstić information content (AvgIpc) is 2.35. The van der Waals surface area contributed by atoms with Crippen LogP contribution >= 0.6 is 0 Å². The topological polar surface area (TPSA) is 36.3 Å². The Bertz CT molecular complexity index is 257. The van der Waals surface area contributed by atoms with Crippen LogP contribution in [0.15, 0.2) is 0 Å². The lowest BCUT2D eigenvalue weighted by molar-refractivity contribution is -0.00170. The van der Waals surface area contributed by atoms with Gasteiger partial charge >= 0.3 is 0 Å². The Morgan fingerprint density at radius 3 is 2.88 bits per heavy atom.